The third kappa shape index (κ3) is 2.94. The molecule has 2 aromatic heterocycles. The smallest absolute Gasteiger partial charge is 0.356 e. The van der Waals surface area contributed by atoms with Crippen molar-refractivity contribution in [1.82, 2.24) is 14.5 Å². The molecule has 7 heteroatoms. The highest BCUT2D eigenvalue weighted by atomic mass is 19.1. The molecule has 0 aliphatic heterocycles. The molecule has 0 fully saturated rings. The molecular weight excluding hydrogens is 301 g/mol. The van der Waals surface area contributed by atoms with Gasteiger partial charge in [0, 0.05) is 0 Å². The Morgan fingerprint density at radius 3 is 2.87 bits per heavy atom. The molecule has 0 radical (unpaired) electrons. The predicted octanol–water partition coefficient (Wildman–Crippen LogP) is 1.77. The van der Waals surface area contributed by atoms with E-state index >= 15 is 0 Å². The summed E-state index contributed by atoms with van der Waals surface area (Å²) in [6.45, 7) is 0.176. The van der Waals surface area contributed by atoms with E-state index in [4.69, 9.17) is 0 Å². The van der Waals surface area contributed by atoms with Crippen LogP contribution in [-0.2, 0) is 11.3 Å². The van der Waals surface area contributed by atoms with Gasteiger partial charge < -0.3 is 4.74 Å². The maximum atomic E-state index is 13.2. The van der Waals surface area contributed by atoms with Crippen molar-refractivity contribution in [2.45, 2.75) is 6.54 Å². The highest BCUT2D eigenvalue weighted by Gasteiger charge is 2.11. The Kier molecular flexibility index (Phi) is 3.84. The Morgan fingerprint density at radius 2 is 2.13 bits per heavy atom. The maximum Gasteiger partial charge on any atom is 0.356 e. The van der Waals surface area contributed by atoms with E-state index in [2.05, 4.69) is 14.7 Å². The number of carbonyl (C=O) groups excluding carboxylic acids is 1. The van der Waals surface area contributed by atoms with Gasteiger partial charge in [-0.3, -0.25) is 9.36 Å². The molecule has 3 aromatic rings. The number of aromatic nitrogens is 3. The molecule has 0 aliphatic rings. The van der Waals surface area contributed by atoms with E-state index in [1.165, 1.54) is 42.4 Å². The maximum absolute atomic E-state index is 13.2. The third-order valence-electron chi connectivity index (χ3n) is 3.35. The average Bonchev–Trinajstić information content (AvgIpc) is 2.56. The number of benzene rings is 1. The third-order valence-corrected chi connectivity index (χ3v) is 3.35. The van der Waals surface area contributed by atoms with Crippen LogP contribution in [0.15, 0.2) is 47.7 Å². The van der Waals surface area contributed by atoms with E-state index in [1.807, 2.05) is 0 Å². The topological polar surface area (TPSA) is 74.1 Å². The molecule has 0 N–H and O–H groups in total. The van der Waals surface area contributed by atoms with Crippen LogP contribution in [-0.4, -0.2) is 27.6 Å². The van der Waals surface area contributed by atoms with Gasteiger partial charge in [0.1, 0.15) is 11.5 Å². The molecule has 116 valence electrons. The van der Waals surface area contributed by atoms with Crippen molar-refractivity contribution in [3.8, 4) is 0 Å². The fraction of sp³-hybridized carbons (Fsp3) is 0.125. The molecule has 0 unspecified atom stereocenters. The zero-order chi connectivity index (χ0) is 16.4. The van der Waals surface area contributed by atoms with Crippen molar-refractivity contribution >= 4 is 16.9 Å². The lowest BCUT2D eigenvalue weighted by Crippen LogP contribution is -2.22. The van der Waals surface area contributed by atoms with Gasteiger partial charge in [-0.2, -0.15) is 0 Å². The minimum absolute atomic E-state index is 0.0300. The van der Waals surface area contributed by atoms with Crippen LogP contribution in [0, 0.1) is 5.82 Å². The zero-order valence-electron chi connectivity index (χ0n) is 12.2. The molecule has 6 nitrogen and oxygen atoms in total. The lowest BCUT2D eigenvalue weighted by Gasteiger charge is -2.07. The summed E-state index contributed by atoms with van der Waals surface area (Å²) >= 11 is 0. The van der Waals surface area contributed by atoms with Crippen molar-refractivity contribution < 1.29 is 13.9 Å². The van der Waals surface area contributed by atoms with Gasteiger partial charge in [0.05, 0.1) is 37.1 Å². The van der Waals surface area contributed by atoms with Gasteiger partial charge in [0.25, 0.3) is 5.56 Å². The van der Waals surface area contributed by atoms with Crippen LogP contribution >= 0.6 is 0 Å². The Labute approximate surface area is 130 Å². The molecule has 2 heterocycles. The molecular formula is C16H12FN3O3. The first-order valence-electron chi connectivity index (χ1n) is 6.76. The molecule has 0 saturated carbocycles. The van der Waals surface area contributed by atoms with Gasteiger partial charge in [-0.05, 0) is 23.8 Å². The summed E-state index contributed by atoms with van der Waals surface area (Å²) in [7, 11) is 1.24. The van der Waals surface area contributed by atoms with Gasteiger partial charge in [0.2, 0.25) is 0 Å². The molecule has 0 aliphatic carbocycles. The van der Waals surface area contributed by atoms with E-state index in [0.717, 1.165) is 0 Å². The van der Waals surface area contributed by atoms with Crippen LogP contribution < -0.4 is 5.56 Å². The summed E-state index contributed by atoms with van der Waals surface area (Å²) in [5.74, 6) is -1.01. The van der Waals surface area contributed by atoms with E-state index in [1.54, 1.807) is 12.1 Å². The minimum atomic E-state index is -0.633. The molecule has 1 aromatic carbocycles. The summed E-state index contributed by atoms with van der Waals surface area (Å²) in [6, 6.07) is 7.32. The highest BCUT2D eigenvalue weighted by molar-refractivity contribution is 5.91. The normalized spacial score (nSPS) is 10.7. The van der Waals surface area contributed by atoms with Gasteiger partial charge >= 0.3 is 5.97 Å². The number of esters is 1. The largest absolute Gasteiger partial charge is 0.464 e. The quantitative estimate of drug-likeness (QED) is 0.689. The van der Waals surface area contributed by atoms with E-state index in [0.29, 0.717) is 11.1 Å². The fourth-order valence-electron chi connectivity index (χ4n) is 2.22. The van der Waals surface area contributed by atoms with Gasteiger partial charge in [-0.1, -0.05) is 12.1 Å². The number of fused-ring (bicyclic) bond motifs is 1. The number of carbonyl (C=O) groups is 1. The first kappa shape index (κ1) is 14.8. The molecule has 0 atom stereocenters. The number of nitrogens with zero attached hydrogens (tertiary/aromatic N) is 3. The van der Waals surface area contributed by atoms with Crippen LogP contribution in [0.25, 0.3) is 10.9 Å². The number of ether oxygens (including phenoxy) is 1. The fourth-order valence-corrected chi connectivity index (χ4v) is 2.22. The second kappa shape index (κ2) is 5.96. The highest BCUT2D eigenvalue weighted by Crippen LogP contribution is 2.09. The van der Waals surface area contributed by atoms with Crippen molar-refractivity contribution in [2.24, 2.45) is 0 Å². The van der Waals surface area contributed by atoms with Crippen LogP contribution in [0.5, 0.6) is 0 Å². The van der Waals surface area contributed by atoms with E-state index < -0.39 is 5.97 Å². The molecule has 0 bridgehead atoms. The first-order valence-corrected chi connectivity index (χ1v) is 6.76. The van der Waals surface area contributed by atoms with Crippen molar-refractivity contribution in [3.63, 3.8) is 0 Å². The van der Waals surface area contributed by atoms with Gasteiger partial charge in [-0.25, -0.2) is 19.2 Å². The van der Waals surface area contributed by atoms with E-state index in [-0.39, 0.29) is 29.0 Å². The monoisotopic (exact) mass is 313 g/mol. The van der Waals surface area contributed by atoms with Crippen LogP contribution in [0.3, 0.4) is 0 Å². The SMILES string of the molecule is COC(=O)c1cc2c(=O)n(Cc3cccc(F)c3)cnc2cn1. The number of halogens is 1. The number of pyridine rings is 1. The summed E-state index contributed by atoms with van der Waals surface area (Å²) in [4.78, 5) is 32.1. The van der Waals surface area contributed by atoms with Crippen molar-refractivity contribution in [1.29, 1.82) is 0 Å². The zero-order valence-corrected chi connectivity index (χ0v) is 12.2. The molecule has 0 spiro atoms. The lowest BCUT2D eigenvalue weighted by molar-refractivity contribution is 0.0594. The van der Waals surface area contributed by atoms with Crippen molar-refractivity contribution in [3.05, 3.63) is 70.3 Å². The molecule has 0 saturated heterocycles. The Hall–Kier alpha value is -3.09. The second-order valence-corrected chi connectivity index (χ2v) is 4.89. The van der Waals surface area contributed by atoms with Crippen LogP contribution in [0.2, 0.25) is 0 Å². The Morgan fingerprint density at radius 1 is 1.30 bits per heavy atom. The molecule has 3 rings (SSSR count). The van der Waals surface area contributed by atoms with Gasteiger partial charge in [-0.15, -0.1) is 0 Å². The van der Waals surface area contributed by atoms with Crippen LogP contribution in [0.1, 0.15) is 16.1 Å². The summed E-state index contributed by atoms with van der Waals surface area (Å²) in [6.07, 6.45) is 2.71. The standard InChI is InChI=1S/C16H12FN3O3/c1-23-16(22)13-6-12-14(7-18-13)19-9-20(15(12)21)8-10-3-2-4-11(17)5-10/h2-7,9H,8H2,1H3. The van der Waals surface area contributed by atoms with Crippen molar-refractivity contribution in [2.75, 3.05) is 7.11 Å². The summed E-state index contributed by atoms with van der Waals surface area (Å²) < 4.78 is 19.2. The molecule has 23 heavy (non-hydrogen) atoms. The average molecular weight is 313 g/mol. The second-order valence-electron chi connectivity index (χ2n) is 4.89. The summed E-state index contributed by atoms with van der Waals surface area (Å²) in [5.41, 5.74) is 0.697. The predicted molar refractivity (Wildman–Crippen MR) is 80.6 cm³/mol. The van der Waals surface area contributed by atoms with Crippen LogP contribution in [0.4, 0.5) is 4.39 Å². The number of rotatable bonds is 3. The number of methoxy groups -OCH3 is 1. The summed E-state index contributed by atoms with van der Waals surface area (Å²) in [5, 5.41) is 0.249. The minimum Gasteiger partial charge on any atom is -0.464 e. The lowest BCUT2D eigenvalue weighted by atomic mass is 10.2. The first-order chi connectivity index (χ1) is 11.1. The number of hydrogen-bond donors (Lipinski definition) is 0. The van der Waals surface area contributed by atoms with E-state index in [9.17, 15) is 14.0 Å². The van der Waals surface area contributed by atoms with Gasteiger partial charge in [0.15, 0.2) is 0 Å². The Bertz CT molecular complexity index is 953. The Balaban J connectivity index is 2.07. The molecule has 0 amide bonds. The number of hydrogen-bond acceptors (Lipinski definition) is 5.